The van der Waals surface area contributed by atoms with E-state index in [2.05, 4.69) is 19.1 Å². The lowest BCUT2D eigenvalue weighted by Crippen LogP contribution is -2.12. The normalized spacial score (nSPS) is 30.1. The van der Waals surface area contributed by atoms with E-state index in [9.17, 15) is 0 Å². The van der Waals surface area contributed by atoms with Gasteiger partial charge in [-0.2, -0.15) is 0 Å². The summed E-state index contributed by atoms with van der Waals surface area (Å²) in [6.07, 6.45) is 1.18. The molecule has 76 valence electrons. The molecule has 1 aliphatic rings. The van der Waals surface area contributed by atoms with Crippen LogP contribution in [-0.2, 0) is 5.41 Å². The largest absolute Gasteiger partial charge is 0.496 e. The maximum absolute atomic E-state index is 5.70. The van der Waals surface area contributed by atoms with Gasteiger partial charge in [0.2, 0.25) is 0 Å². The van der Waals surface area contributed by atoms with Gasteiger partial charge in [0.15, 0.2) is 0 Å². The van der Waals surface area contributed by atoms with Crippen LogP contribution in [0, 0.1) is 5.92 Å². The highest BCUT2D eigenvalue weighted by Crippen LogP contribution is 2.55. The predicted octanol–water partition coefficient (Wildman–Crippen LogP) is 1.93. The van der Waals surface area contributed by atoms with Crippen molar-refractivity contribution in [2.24, 2.45) is 11.7 Å². The third-order valence-electron chi connectivity index (χ3n) is 3.42. The van der Waals surface area contributed by atoms with Gasteiger partial charge < -0.3 is 10.5 Å². The van der Waals surface area contributed by atoms with E-state index in [4.69, 9.17) is 10.5 Å². The smallest absolute Gasteiger partial charge is 0.122 e. The van der Waals surface area contributed by atoms with Crippen molar-refractivity contribution >= 4 is 0 Å². The molecule has 0 spiro atoms. The zero-order valence-corrected chi connectivity index (χ0v) is 8.79. The van der Waals surface area contributed by atoms with Crippen LogP contribution in [0.4, 0.5) is 0 Å². The zero-order chi connectivity index (χ0) is 10.2. The lowest BCUT2D eigenvalue weighted by atomic mass is 9.94. The van der Waals surface area contributed by atoms with Crippen LogP contribution in [0.15, 0.2) is 24.3 Å². The summed E-state index contributed by atoms with van der Waals surface area (Å²) < 4.78 is 5.36. The van der Waals surface area contributed by atoms with E-state index in [0.29, 0.717) is 5.92 Å². The molecular formula is C12H17NO. The molecule has 1 aromatic carbocycles. The van der Waals surface area contributed by atoms with E-state index in [1.807, 2.05) is 12.1 Å². The van der Waals surface area contributed by atoms with Crippen molar-refractivity contribution in [3.63, 3.8) is 0 Å². The molecule has 0 heterocycles. The second-order valence-electron chi connectivity index (χ2n) is 4.25. The first-order valence-electron chi connectivity index (χ1n) is 5.06. The second-order valence-corrected chi connectivity index (χ2v) is 4.25. The van der Waals surface area contributed by atoms with Gasteiger partial charge in [0, 0.05) is 11.0 Å². The molecule has 0 amide bonds. The van der Waals surface area contributed by atoms with Crippen molar-refractivity contribution in [1.82, 2.24) is 0 Å². The van der Waals surface area contributed by atoms with Gasteiger partial charge in [-0.1, -0.05) is 25.1 Å². The number of para-hydroxylation sites is 1. The predicted molar refractivity (Wildman–Crippen MR) is 57.5 cm³/mol. The second kappa shape index (κ2) is 3.28. The van der Waals surface area contributed by atoms with Crippen molar-refractivity contribution in [3.8, 4) is 5.75 Å². The van der Waals surface area contributed by atoms with Crippen LogP contribution < -0.4 is 10.5 Å². The average Bonchev–Trinajstić information content (AvgIpc) is 2.91. The topological polar surface area (TPSA) is 35.2 Å². The SMILES string of the molecule is COc1ccccc1C1(C)CC1CN. The third-order valence-corrected chi connectivity index (χ3v) is 3.42. The fourth-order valence-corrected chi connectivity index (χ4v) is 2.24. The molecule has 2 N–H and O–H groups in total. The van der Waals surface area contributed by atoms with Gasteiger partial charge in [-0.15, -0.1) is 0 Å². The van der Waals surface area contributed by atoms with Crippen molar-refractivity contribution in [2.45, 2.75) is 18.8 Å². The van der Waals surface area contributed by atoms with Crippen molar-refractivity contribution in [3.05, 3.63) is 29.8 Å². The maximum atomic E-state index is 5.70. The Morgan fingerprint density at radius 3 is 2.79 bits per heavy atom. The van der Waals surface area contributed by atoms with Crippen molar-refractivity contribution < 1.29 is 4.74 Å². The van der Waals surface area contributed by atoms with Crippen LogP contribution in [0.3, 0.4) is 0 Å². The first kappa shape index (κ1) is 9.53. The van der Waals surface area contributed by atoms with Crippen LogP contribution in [0.2, 0.25) is 0 Å². The molecule has 14 heavy (non-hydrogen) atoms. The molecule has 1 aromatic rings. The number of benzene rings is 1. The number of hydrogen-bond donors (Lipinski definition) is 1. The lowest BCUT2D eigenvalue weighted by Gasteiger charge is -2.15. The van der Waals surface area contributed by atoms with Crippen LogP contribution in [0.1, 0.15) is 18.9 Å². The van der Waals surface area contributed by atoms with Crippen LogP contribution in [0.5, 0.6) is 5.75 Å². The standard InChI is InChI=1S/C12H17NO/c1-12(7-9(12)8-13)10-5-3-4-6-11(10)14-2/h3-6,9H,7-8,13H2,1-2H3. The molecule has 1 fully saturated rings. The molecule has 1 saturated carbocycles. The molecule has 2 atom stereocenters. The van der Waals surface area contributed by atoms with Gasteiger partial charge in [-0.05, 0) is 24.9 Å². The molecule has 0 saturated heterocycles. The monoisotopic (exact) mass is 191 g/mol. The molecule has 2 heteroatoms. The highest BCUT2D eigenvalue weighted by atomic mass is 16.5. The van der Waals surface area contributed by atoms with Gasteiger partial charge >= 0.3 is 0 Å². The fourth-order valence-electron chi connectivity index (χ4n) is 2.24. The lowest BCUT2D eigenvalue weighted by molar-refractivity contribution is 0.403. The molecule has 0 aromatic heterocycles. The van der Waals surface area contributed by atoms with Crippen molar-refractivity contribution in [2.75, 3.05) is 13.7 Å². The number of hydrogen-bond acceptors (Lipinski definition) is 2. The summed E-state index contributed by atoms with van der Waals surface area (Å²) in [5, 5.41) is 0. The molecule has 0 radical (unpaired) electrons. The number of nitrogens with two attached hydrogens (primary N) is 1. The Kier molecular flexibility index (Phi) is 2.23. The van der Waals surface area contributed by atoms with E-state index in [1.54, 1.807) is 7.11 Å². The summed E-state index contributed by atoms with van der Waals surface area (Å²) >= 11 is 0. The van der Waals surface area contributed by atoms with Crippen LogP contribution in [-0.4, -0.2) is 13.7 Å². The minimum absolute atomic E-state index is 0.251. The summed E-state index contributed by atoms with van der Waals surface area (Å²) in [5.74, 6) is 1.62. The first-order chi connectivity index (χ1) is 6.72. The summed E-state index contributed by atoms with van der Waals surface area (Å²) in [7, 11) is 1.72. The molecular weight excluding hydrogens is 174 g/mol. The van der Waals surface area contributed by atoms with Gasteiger partial charge in [0.05, 0.1) is 7.11 Å². The number of ether oxygens (including phenoxy) is 1. The Hall–Kier alpha value is -1.02. The van der Waals surface area contributed by atoms with E-state index >= 15 is 0 Å². The molecule has 0 aliphatic heterocycles. The van der Waals surface area contributed by atoms with Crippen LogP contribution in [0.25, 0.3) is 0 Å². The van der Waals surface area contributed by atoms with E-state index in [1.165, 1.54) is 12.0 Å². The molecule has 1 aliphatic carbocycles. The first-order valence-corrected chi connectivity index (χ1v) is 5.06. The Bertz CT molecular complexity index is 337. The summed E-state index contributed by atoms with van der Waals surface area (Å²) in [5.41, 5.74) is 7.25. The average molecular weight is 191 g/mol. The van der Waals surface area contributed by atoms with Gasteiger partial charge in [0.25, 0.3) is 0 Å². The van der Waals surface area contributed by atoms with Crippen LogP contribution >= 0.6 is 0 Å². The molecule has 2 unspecified atom stereocenters. The molecule has 2 rings (SSSR count). The third kappa shape index (κ3) is 1.30. The number of methoxy groups -OCH3 is 1. The highest BCUT2D eigenvalue weighted by molar-refractivity contribution is 5.43. The highest BCUT2D eigenvalue weighted by Gasteiger charge is 2.51. The summed E-state index contributed by atoms with van der Waals surface area (Å²) in [6.45, 7) is 3.04. The Labute approximate surface area is 85.1 Å². The molecule has 0 bridgehead atoms. The number of rotatable bonds is 3. The fraction of sp³-hybridized carbons (Fsp3) is 0.500. The van der Waals surface area contributed by atoms with E-state index in [0.717, 1.165) is 12.3 Å². The minimum atomic E-state index is 0.251. The maximum Gasteiger partial charge on any atom is 0.122 e. The summed E-state index contributed by atoms with van der Waals surface area (Å²) in [6, 6.07) is 8.24. The van der Waals surface area contributed by atoms with Gasteiger partial charge in [-0.25, -0.2) is 0 Å². The van der Waals surface area contributed by atoms with E-state index < -0.39 is 0 Å². The quantitative estimate of drug-likeness (QED) is 0.792. The minimum Gasteiger partial charge on any atom is -0.496 e. The van der Waals surface area contributed by atoms with Gasteiger partial charge in [-0.3, -0.25) is 0 Å². The zero-order valence-electron chi connectivity index (χ0n) is 8.79. The molecule has 2 nitrogen and oxygen atoms in total. The van der Waals surface area contributed by atoms with E-state index in [-0.39, 0.29) is 5.41 Å². The van der Waals surface area contributed by atoms with Gasteiger partial charge in [0.1, 0.15) is 5.75 Å². The Morgan fingerprint density at radius 1 is 1.50 bits per heavy atom. The Balaban J connectivity index is 2.33. The van der Waals surface area contributed by atoms with Crippen molar-refractivity contribution in [1.29, 1.82) is 0 Å². The summed E-state index contributed by atoms with van der Waals surface area (Å²) in [4.78, 5) is 0. The Morgan fingerprint density at radius 2 is 2.21 bits per heavy atom.